The number of carbonyl (C=O) groups is 2. The minimum atomic E-state index is -4.98. The fourth-order valence-electron chi connectivity index (χ4n) is 0.977. The number of amides is 2. The molecule has 0 aliphatic rings. The topological polar surface area (TPSA) is 81.4 Å². The van der Waals surface area contributed by atoms with Crippen molar-refractivity contribution in [1.29, 1.82) is 0 Å². The number of benzene rings is 1. The summed E-state index contributed by atoms with van der Waals surface area (Å²) < 4.78 is 34.9. The van der Waals surface area contributed by atoms with E-state index >= 15 is 0 Å². The van der Waals surface area contributed by atoms with E-state index in [9.17, 15) is 22.8 Å². The molecule has 0 saturated heterocycles. The second-order valence-corrected chi connectivity index (χ2v) is 2.92. The zero-order valence-electron chi connectivity index (χ0n) is 8.25. The van der Waals surface area contributed by atoms with E-state index in [0.29, 0.717) is 0 Å². The molecule has 1 aromatic carbocycles. The summed E-state index contributed by atoms with van der Waals surface area (Å²) in [5.74, 6) is -1.93. The molecule has 0 atom stereocenters. The molecular formula is C9H7F3N2O3. The number of rotatable bonds is 3. The van der Waals surface area contributed by atoms with Crippen LogP contribution in [0.15, 0.2) is 24.3 Å². The minimum absolute atomic E-state index is 0.00431. The molecule has 1 rings (SSSR count). The minimum Gasteiger partial charge on any atom is -0.366 e. The van der Waals surface area contributed by atoms with Crippen LogP contribution in [0.25, 0.3) is 0 Å². The number of hydrogen-bond donors (Lipinski definition) is 2. The molecule has 0 radical (unpaired) electrons. The molecule has 0 spiro atoms. The lowest BCUT2D eigenvalue weighted by Gasteiger charge is -2.08. The van der Waals surface area contributed by atoms with Gasteiger partial charge in [0.05, 0.1) is 0 Å². The Labute approximate surface area is 93.3 Å². The number of nitrogens with two attached hydrogens (primary N) is 1. The van der Waals surface area contributed by atoms with Crippen LogP contribution in [0.5, 0.6) is 0 Å². The second kappa shape index (κ2) is 4.83. The van der Waals surface area contributed by atoms with Crippen molar-refractivity contribution in [3.05, 3.63) is 35.4 Å². The number of hydrogen-bond acceptors (Lipinski definition) is 3. The molecule has 17 heavy (non-hydrogen) atoms. The highest BCUT2D eigenvalue weighted by molar-refractivity contribution is 5.98. The average Bonchev–Trinajstić information content (AvgIpc) is 2.25. The van der Waals surface area contributed by atoms with Gasteiger partial charge in [-0.15, -0.1) is 13.2 Å². The van der Waals surface area contributed by atoms with E-state index in [2.05, 4.69) is 4.84 Å². The summed E-state index contributed by atoms with van der Waals surface area (Å²) in [7, 11) is 0. The molecule has 2 amide bonds. The molecule has 0 aliphatic heterocycles. The quantitative estimate of drug-likeness (QED) is 0.782. The Bertz CT molecular complexity index is 445. The van der Waals surface area contributed by atoms with Crippen molar-refractivity contribution in [2.24, 2.45) is 5.73 Å². The van der Waals surface area contributed by atoms with Crippen molar-refractivity contribution in [2.75, 3.05) is 0 Å². The predicted octanol–water partition coefficient (Wildman–Crippen LogP) is 0.967. The Balaban J connectivity index is 2.76. The molecule has 1 aromatic rings. The van der Waals surface area contributed by atoms with Crippen LogP contribution in [-0.2, 0) is 4.84 Å². The molecule has 0 aromatic heterocycles. The van der Waals surface area contributed by atoms with Gasteiger partial charge in [-0.05, 0) is 18.2 Å². The van der Waals surface area contributed by atoms with E-state index in [1.54, 1.807) is 0 Å². The largest absolute Gasteiger partial charge is 0.543 e. The van der Waals surface area contributed by atoms with E-state index in [1.807, 2.05) is 0 Å². The van der Waals surface area contributed by atoms with Gasteiger partial charge in [-0.25, -0.2) is 5.48 Å². The molecule has 0 fully saturated rings. The van der Waals surface area contributed by atoms with Crippen molar-refractivity contribution >= 4 is 11.8 Å². The average molecular weight is 248 g/mol. The van der Waals surface area contributed by atoms with Gasteiger partial charge in [-0.1, -0.05) is 6.07 Å². The van der Waals surface area contributed by atoms with Crippen molar-refractivity contribution in [3.63, 3.8) is 0 Å². The highest BCUT2D eigenvalue weighted by Crippen LogP contribution is 2.14. The standard InChI is InChI=1S/C9H7F3N2O3/c10-9(11,12)17-14-8(16)6-3-1-2-5(4-6)7(13)15/h1-4H,(H2,13,15)(H,14,16). The van der Waals surface area contributed by atoms with Crippen LogP contribution in [0, 0.1) is 0 Å². The summed E-state index contributed by atoms with van der Waals surface area (Å²) in [6.45, 7) is 0. The Morgan fingerprint density at radius 3 is 2.35 bits per heavy atom. The molecule has 0 heterocycles. The number of nitrogens with one attached hydrogen (secondary N) is 1. The summed E-state index contributed by atoms with van der Waals surface area (Å²) in [6.07, 6.45) is -4.98. The molecule has 5 nitrogen and oxygen atoms in total. The van der Waals surface area contributed by atoms with Crippen LogP contribution < -0.4 is 11.2 Å². The fourth-order valence-corrected chi connectivity index (χ4v) is 0.977. The first kappa shape index (κ1) is 13.0. The molecule has 0 unspecified atom stereocenters. The van der Waals surface area contributed by atoms with Crippen molar-refractivity contribution in [2.45, 2.75) is 6.36 Å². The molecule has 0 aliphatic carbocycles. The highest BCUT2D eigenvalue weighted by atomic mass is 19.4. The van der Waals surface area contributed by atoms with E-state index < -0.39 is 18.2 Å². The third-order valence-electron chi connectivity index (χ3n) is 1.67. The monoisotopic (exact) mass is 248 g/mol. The van der Waals surface area contributed by atoms with Crippen molar-refractivity contribution < 1.29 is 27.6 Å². The Morgan fingerprint density at radius 1 is 1.24 bits per heavy atom. The number of alkyl halides is 3. The Morgan fingerprint density at radius 2 is 1.82 bits per heavy atom. The molecule has 8 heteroatoms. The first-order valence-electron chi connectivity index (χ1n) is 4.24. The smallest absolute Gasteiger partial charge is 0.366 e. The van der Waals surface area contributed by atoms with Crippen LogP contribution in [0.3, 0.4) is 0 Å². The van der Waals surface area contributed by atoms with E-state index in [1.165, 1.54) is 23.7 Å². The number of primary amides is 1. The van der Waals surface area contributed by atoms with Crippen LogP contribution in [0.2, 0.25) is 0 Å². The fraction of sp³-hybridized carbons (Fsp3) is 0.111. The molecule has 0 saturated carbocycles. The molecule has 3 N–H and O–H groups in total. The summed E-state index contributed by atoms with van der Waals surface area (Å²) in [6, 6.07) is 4.89. The Hall–Kier alpha value is -2.09. The van der Waals surface area contributed by atoms with Gasteiger partial charge in [0, 0.05) is 11.1 Å². The zero-order valence-corrected chi connectivity index (χ0v) is 8.25. The third-order valence-corrected chi connectivity index (χ3v) is 1.67. The lowest BCUT2D eigenvalue weighted by atomic mass is 10.1. The lowest BCUT2D eigenvalue weighted by molar-refractivity contribution is -0.343. The summed E-state index contributed by atoms with van der Waals surface area (Å²) in [5.41, 5.74) is 5.96. The second-order valence-electron chi connectivity index (χ2n) is 2.92. The third kappa shape index (κ3) is 4.11. The van der Waals surface area contributed by atoms with Gasteiger partial charge in [0.2, 0.25) is 5.91 Å². The van der Waals surface area contributed by atoms with Crippen molar-refractivity contribution in [1.82, 2.24) is 5.48 Å². The van der Waals surface area contributed by atoms with E-state index in [-0.39, 0.29) is 11.1 Å². The van der Waals surface area contributed by atoms with Crippen LogP contribution in [0.4, 0.5) is 13.2 Å². The van der Waals surface area contributed by atoms with E-state index in [4.69, 9.17) is 5.73 Å². The SMILES string of the molecule is NC(=O)c1cccc(C(=O)NOC(F)(F)F)c1. The maximum absolute atomic E-state index is 11.6. The van der Waals surface area contributed by atoms with Gasteiger partial charge in [-0.3, -0.25) is 9.59 Å². The maximum atomic E-state index is 11.6. The lowest BCUT2D eigenvalue weighted by Crippen LogP contribution is -2.31. The van der Waals surface area contributed by atoms with Gasteiger partial charge >= 0.3 is 6.36 Å². The Kier molecular flexibility index (Phi) is 3.69. The summed E-state index contributed by atoms with van der Waals surface area (Å²) >= 11 is 0. The van der Waals surface area contributed by atoms with E-state index in [0.717, 1.165) is 6.07 Å². The first-order valence-corrected chi connectivity index (χ1v) is 4.24. The molecular weight excluding hydrogens is 241 g/mol. The van der Waals surface area contributed by atoms with Gasteiger partial charge in [0.1, 0.15) is 0 Å². The number of hydroxylamine groups is 1. The van der Waals surface area contributed by atoms with Gasteiger partial charge < -0.3 is 5.73 Å². The van der Waals surface area contributed by atoms with Crippen LogP contribution in [0.1, 0.15) is 20.7 Å². The molecule has 92 valence electrons. The summed E-state index contributed by atoms with van der Waals surface area (Å²) in [5, 5.41) is 0. The highest BCUT2D eigenvalue weighted by Gasteiger charge is 2.31. The van der Waals surface area contributed by atoms with Crippen LogP contribution >= 0.6 is 0 Å². The number of halogens is 3. The van der Waals surface area contributed by atoms with Gasteiger partial charge in [-0.2, -0.15) is 4.84 Å². The molecule has 0 bridgehead atoms. The van der Waals surface area contributed by atoms with Crippen molar-refractivity contribution in [3.8, 4) is 0 Å². The first-order chi connectivity index (χ1) is 7.79. The zero-order chi connectivity index (χ0) is 13.1. The predicted molar refractivity (Wildman–Crippen MR) is 49.6 cm³/mol. The van der Waals surface area contributed by atoms with Crippen LogP contribution in [-0.4, -0.2) is 18.2 Å². The van der Waals surface area contributed by atoms with Gasteiger partial charge in [0.25, 0.3) is 5.91 Å². The normalized spacial score (nSPS) is 11.0. The van der Waals surface area contributed by atoms with Gasteiger partial charge in [0.15, 0.2) is 0 Å². The maximum Gasteiger partial charge on any atom is 0.543 e. The summed E-state index contributed by atoms with van der Waals surface area (Å²) in [4.78, 5) is 25.1. The number of carbonyl (C=O) groups excluding carboxylic acids is 2.